The lowest BCUT2D eigenvalue weighted by Gasteiger charge is -2.39. The molecule has 0 aliphatic carbocycles. The van der Waals surface area contributed by atoms with Gasteiger partial charge in [-0.1, -0.05) is 64.7 Å². The molecule has 2 amide bonds. The number of hydrogen-bond acceptors (Lipinski definition) is 3. The van der Waals surface area contributed by atoms with E-state index in [-0.39, 0.29) is 11.9 Å². The van der Waals surface area contributed by atoms with Crippen LogP contribution in [0, 0.1) is 0 Å². The summed E-state index contributed by atoms with van der Waals surface area (Å²) in [6.45, 7) is 7.71. The maximum absolute atomic E-state index is 12.0. The number of imide groups is 1. The van der Waals surface area contributed by atoms with Gasteiger partial charge in [-0.05, 0) is 27.2 Å². The number of carbonyl (C=O) groups excluding carboxylic acids is 2. The number of nitrogens with zero attached hydrogens (tertiary/aromatic N) is 1. The van der Waals surface area contributed by atoms with Crippen LogP contribution in [0.5, 0.6) is 0 Å². The van der Waals surface area contributed by atoms with E-state index in [2.05, 4.69) is 6.92 Å². The Morgan fingerprint density at radius 1 is 1.04 bits per heavy atom. The van der Waals surface area contributed by atoms with E-state index in [0.29, 0.717) is 6.42 Å². The Hall–Kier alpha value is -1.06. The molecule has 1 atom stereocenters. The first-order chi connectivity index (χ1) is 10.8. The van der Waals surface area contributed by atoms with Crippen molar-refractivity contribution in [3.63, 3.8) is 0 Å². The molecule has 0 radical (unpaired) electrons. The third kappa shape index (κ3) is 7.85. The Labute approximate surface area is 141 Å². The van der Waals surface area contributed by atoms with Crippen molar-refractivity contribution < 1.29 is 14.3 Å². The number of carbonyl (C=O) groups is 2. The molecule has 0 unspecified atom stereocenters. The van der Waals surface area contributed by atoms with Crippen molar-refractivity contribution in [2.45, 2.75) is 110 Å². The Kier molecular flexibility index (Phi) is 8.64. The average molecular weight is 325 g/mol. The zero-order chi connectivity index (χ0) is 17.3. The number of rotatable bonds is 10. The molecule has 23 heavy (non-hydrogen) atoms. The first kappa shape index (κ1) is 20.0. The highest BCUT2D eigenvalue weighted by molar-refractivity contribution is 5.97. The molecule has 134 valence electrons. The third-order valence-corrected chi connectivity index (χ3v) is 4.28. The Bertz CT molecular complexity index is 373. The van der Waals surface area contributed by atoms with Gasteiger partial charge in [0.25, 0.3) is 0 Å². The van der Waals surface area contributed by atoms with E-state index in [9.17, 15) is 9.59 Å². The van der Waals surface area contributed by atoms with Gasteiger partial charge in [0.15, 0.2) is 0 Å². The molecule has 1 fully saturated rings. The fraction of sp³-hybridized carbons (Fsp3) is 0.895. The average Bonchev–Trinajstić information content (AvgIpc) is 2.41. The number of hydrogen-bond donors (Lipinski definition) is 0. The fourth-order valence-electron chi connectivity index (χ4n) is 2.97. The molecule has 1 saturated heterocycles. The minimum Gasteiger partial charge on any atom is -0.443 e. The van der Waals surface area contributed by atoms with Crippen molar-refractivity contribution in [1.29, 1.82) is 0 Å². The van der Waals surface area contributed by atoms with Crippen molar-refractivity contribution in [2.75, 3.05) is 0 Å². The van der Waals surface area contributed by atoms with Gasteiger partial charge in [-0.2, -0.15) is 0 Å². The topological polar surface area (TPSA) is 46.6 Å². The minimum absolute atomic E-state index is 0.0573. The lowest BCUT2D eigenvalue weighted by molar-refractivity contribution is -0.144. The largest absolute Gasteiger partial charge is 0.443 e. The molecule has 0 aromatic carbocycles. The van der Waals surface area contributed by atoms with Gasteiger partial charge in [0.2, 0.25) is 5.91 Å². The standard InChI is InChI=1S/C19H35NO3/c1-5-6-7-8-9-10-11-12-13-14-16-15-17(21)20(16)18(22)23-19(2,3)4/h16H,5-15H2,1-4H3/t16-/m1/s1. The van der Waals surface area contributed by atoms with E-state index in [1.165, 1.54) is 56.3 Å². The molecular weight excluding hydrogens is 290 g/mol. The molecule has 0 N–H and O–H groups in total. The molecule has 1 rings (SSSR count). The molecule has 0 spiro atoms. The summed E-state index contributed by atoms with van der Waals surface area (Å²) in [6, 6.07) is 0.0573. The SMILES string of the molecule is CCCCCCCCCCC[C@@H]1CC(=O)N1C(=O)OC(C)(C)C. The smallest absolute Gasteiger partial charge is 0.417 e. The lowest BCUT2D eigenvalue weighted by atomic mass is 9.95. The summed E-state index contributed by atoms with van der Waals surface area (Å²) in [7, 11) is 0. The molecule has 1 aliphatic heterocycles. The fourth-order valence-corrected chi connectivity index (χ4v) is 2.97. The second-order valence-electron chi connectivity index (χ2n) is 7.72. The first-order valence-corrected chi connectivity index (χ1v) is 9.40. The number of amides is 2. The molecule has 1 aliphatic rings. The first-order valence-electron chi connectivity index (χ1n) is 9.40. The molecule has 4 heteroatoms. The van der Waals surface area contributed by atoms with E-state index in [4.69, 9.17) is 4.74 Å². The lowest BCUT2D eigenvalue weighted by Crippen LogP contribution is -2.56. The van der Waals surface area contributed by atoms with Crippen LogP contribution in [0.2, 0.25) is 0 Å². The number of ether oxygens (including phenoxy) is 1. The molecule has 0 aromatic rings. The zero-order valence-corrected chi connectivity index (χ0v) is 15.5. The Balaban J connectivity index is 2.11. The van der Waals surface area contributed by atoms with Gasteiger partial charge in [0, 0.05) is 6.42 Å². The van der Waals surface area contributed by atoms with Gasteiger partial charge in [-0.3, -0.25) is 4.79 Å². The summed E-state index contributed by atoms with van der Waals surface area (Å²) in [6.07, 6.45) is 12.5. The van der Waals surface area contributed by atoms with Crippen LogP contribution in [0.3, 0.4) is 0 Å². The van der Waals surface area contributed by atoms with E-state index < -0.39 is 11.7 Å². The van der Waals surface area contributed by atoms with Crippen LogP contribution in [0.15, 0.2) is 0 Å². The van der Waals surface area contributed by atoms with Crippen molar-refractivity contribution >= 4 is 12.0 Å². The van der Waals surface area contributed by atoms with Crippen LogP contribution in [-0.4, -0.2) is 28.5 Å². The summed E-state index contributed by atoms with van der Waals surface area (Å²) in [5, 5.41) is 0. The van der Waals surface area contributed by atoms with Crippen molar-refractivity contribution in [1.82, 2.24) is 4.90 Å². The van der Waals surface area contributed by atoms with Crippen molar-refractivity contribution in [3.05, 3.63) is 0 Å². The van der Waals surface area contributed by atoms with Gasteiger partial charge in [0.05, 0.1) is 6.04 Å². The van der Waals surface area contributed by atoms with Gasteiger partial charge < -0.3 is 4.74 Å². The maximum Gasteiger partial charge on any atom is 0.417 e. The van der Waals surface area contributed by atoms with E-state index in [1.807, 2.05) is 20.8 Å². The maximum atomic E-state index is 12.0. The van der Waals surface area contributed by atoms with Crippen LogP contribution in [0.4, 0.5) is 4.79 Å². The summed E-state index contributed by atoms with van der Waals surface area (Å²) >= 11 is 0. The van der Waals surface area contributed by atoms with Crippen LogP contribution in [0.25, 0.3) is 0 Å². The summed E-state index contributed by atoms with van der Waals surface area (Å²) in [5.41, 5.74) is -0.546. The van der Waals surface area contributed by atoms with Crippen molar-refractivity contribution in [2.24, 2.45) is 0 Å². The van der Waals surface area contributed by atoms with Gasteiger partial charge in [-0.15, -0.1) is 0 Å². The predicted molar refractivity (Wildman–Crippen MR) is 93.3 cm³/mol. The summed E-state index contributed by atoms with van der Waals surface area (Å²) in [5.74, 6) is -0.0971. The minimum atomic E-state index is -0.546. The quantitative estimate of drug-likeness (QED) is 0.397. The van der Waals surface area contributed by atoms with E-state index in [1.54, 1.807) is 0 Å². The molecule has 0 aromatic heterocycles. The van der Waals surface area contributed by atoms with Gasteiger partial charge >= 0.3 is 6.09 Å². The zero-order valence-electron chi connectivity index (χ0n) is 15.5. The number of unbranched alkanes of at least 4 members (excludes halogenated alkanes) is 8. The van der Waals surface area contributed by atoms with Crippen LogP contribution >= 0.6 is 0 Å². The Morgan fingerprint density at radius 2 is 1.57 bits per heavy atom. The summed E-state index contributed by atoms with van der Waals surface area (Å²) < 4.78 is 5.30. The van der Waals surface area contributed by atoms with Gasteiger partial charge in [0.1, 0.15) is 5.60 Å². The Morgan fingerprint density at radius 3 is 2.04 bits per heavy atom. The molecule has 0 bridgehead atoms. The molecule has 4 nitrogen and oxygen atoms in total. The molecule has 1 heterocycles. The highest BCUT2D eigenvalue weighted by atomic mass is 16.6. The summed E-state index contributed by atoms with van der Waals surface area (Å²) in [4.78, 5) is 25.0. The van der Waals surface area contributed by atoms with Crippen molar-refractivity contribution in [3.8, 4) is 0 Å². The normalized spacial score (nSPS) is 18.0. The van der Waals surface area contributed by atoms with E-state index >= 15 is 0 Å². The number of likely N-dealkylation sites (tertiary alicyclic amines) is 1. The highest BCUT2D eigenvalue weighted by Gasteiger charge is 2.42. The second kappa shape index (κ2) is 9.94. The highest BCUT2D eigenvalue weighted by Crippen LogP contribution is 2.27. The third-order valence-electron chi connectivity index (χ3n) is 4.28. The van der Waals surface area contributed by atoms with E-state index in [0.717, 1.165) is 12.8 Å². The molecular formula is C19H35NO3. The number of β-lactam (4-membered cyclic amide) rings is 1. The van der Waals surface area contributed by atoms with Crippen LogP contribution < -0.4 is 0 Å². The van der Waals surface area contributed by atoms with Crippen LogP contribution in [-0.2, 0) is 9.53 Å². The van der Waals surface area contributed by atoms with Gasteiger partial charge in [-0.25, -0.2) is 9.69 Å². The van der Waals surface area contributed by atoms with Crippen LogP contribution in [0.1, 0.15) is 98.3 Å². The monoisotopic (exact) mass is 325 g/mol. The predicted octanol–water partition coefficient (Wildman–Crippen LogP) is 5.44. The second-order valence-corrected chi connectivity index (χ2v) is 7.72. The molecule has 0 saturated carbocycles.